The summed E-state index contributed by atoms with van der Waals surface area (Å²) >= 11 is 0. The van der Waals surface area contributed by atoms with Crippen molar-refractivity contribution in [3.8, 4) is 0 Å². The van der Waals surface area contributed by atoms with Crippen molar-refractivity contribution in [2.75, 3.05) is 0 Å². The molecule has 2 N–H and O–H groups in total. The lowest BCUT2D eigenvalue weighted by atomic mass is 10.1. The molecule has 0 saturated carbocycles. The molecule has 0 aliphatic rings. The van der Waals surface area contributed by atoms with Crippen molar-refractivity contribution in [1.29, 1.82) is 0 Å². The van der Waals surface area contributed by atoms with Gasteiger partial charge in [-0.3, -0.25) is 0 Å². The quantitative estimate of drug-likeness (QED) is 0.794. The molecule has 0 aromatic heterocycles. The van der Waals surface area contributed by atoms with Gasteiger partial charge in [-0.1, -0.05) is 38.3 Å². The molecule has 4 heteroatoms. The lowest BCUT2D eigenvalue weighted by molar-refractivity contribution is 0.597. The third-order valence-electron chi connectivity index (χ3n) is 2.88. The van der Waals surface area contributed by atoms with Crippen LogP contribution < -0.4 is 5.14 Å². The summed E-state index contributed by atoms with van der Waals surface area (Å²) in [4.78, 5) is 0.255. The number of sulfonamides is 1. The van der Waals surface area contributed by atoms with Gasteiger partial charge in [-0.2, -0.15) is 0 Å². The van der Waals surface area contributed by atoms with Gasteiger partial charge in [0.05, 0.1) is 4.90 Å². The number of primary sulfonamides is 1. The molecule has 0 radical (unpaired) electrons. The van der Waals surface area contributed by atoms with Crippen LogP contribution in [-0.2, 0) is 16.4 Å². The van der Waals surface area contributed by atoms with Crippen molar-refractivity contribution in [3.63, 3.8) is 0 Å². The predicted octanol–water partition coefficient (Wildman–Crippen LogP) is 2.77. The van der Waals surface area contributed by atoms with Gasteiger partial charge in [-0.05, 0) is 37.0 Å². The number of hydrogen-bond acceptors (Lipinski definition) is 2. The molecule has 0 saturated heterocycles. The molecule has 96 valence electrons. The summed E-state index contributed by atoms with van der Waals surface area (Å²) in [6.45, 7) is 3.94. The molecule has 0 heterocycles. The topological polar surface area (TPSA) is 60.2 Å². The molecule has 1 rings (SSSR count). The standard InChI is InChI=1S/C13H21NO2S/c1-3-4-5-6-7-12-9-8-11(2)13(10-12)17(14,15)16/h8-10H,3-7H2,1-2H3,(H2,14,15,16). The van der Waals surface area contributed by atoms with E-state index in [1.165, 1.54) is 19.3 Å². The minimum absolute atomic E-state index is 0.255. The van der Waals surface area contributed by atoms with E-state index in [1.54, 1.807) is 13.0 Å². The van der Waals surface area contributed by atoms with E-state index in [1.807, 2.05) is 12.1 Å². The average Bonchev–Trinajstić information content (AvgIpc) is 2.25. The zero-order valence-electron chi connectivity index (χ0n) is 10.6. The molecule has 1 aromatic rings. The molecule has 0 unspecified atom stereocenters. The van der Waals surface area contributed by atoms with Gasteiger partial charge in [0.15, 0.2) is 0 Å². The summed E-state index contributed by atoms with van der Waals surface area (Å²) in [6, 6.07) is 5.52. The van der Waals surface area contributed by atoms with Gasteiger partial charge in [-0.25, -0.2) is 13.6 Å². The van der Waals surface area contributed by atoms with Crippen LogP contribution in [0.3, 0.4) is 0 Å². The highest BCUT2D eigenvalue weighted by Crippen LogP contribution is 2.17. The Morgan fingerprint density at radius 3 is 2.47 bits per heavy atom. The summed E-state index contributed by atoms with van der Waals surface area (Å²) in [7, 11) is -3.59. The Labute approximate surface area is 104 Å². The van der Waals surface area contributed by atoms with E-state index in [0.717, 1.165) is 18.4 Å². The monoisotopic (exact) mass is 255 g/mol. The number of rotatable bonds is 6. The minimum Gasteiger partial charge on any atom is -0.225 e. The van der Waals surface area contributed by atoms with Crippen LogP contribution in [0.4, 0.5) is 0 Å². The largest absolute Gasteiger partial charge is 0.238 e. The first-order valence-corrected chi connectivity index (χ1v) is 7.62. The highest BCUT2D eigenvalue weighted by Gasteiger charge is 2.11. The van der Waals surface area contributed by atoms with Crippen molar-refractivity contribution >= 4 is 10.0 Å². The van der Waals surface area contributed by atoms with Crippen molar-refractivity contribution in [3.05, 3.63) is 29.3 Å². The lowest BCUT2D eigenvalue weighted by Crippen LogP contribution is -2.14. The molecule has 17 heavy (non-hydrogen) atoms. The summed E-state index contributed by atoms with van der Waals surface area (Å²) in [5.41, 5.74) is 1.76. The average molecular weight is 255 g/mol. The molecular formula is C13H21NO2S. The summed E-state index contributed by atoms with van der Waals surface area (Å²) in [6.07, 6.45) is 5.64. The van der Waals surface area contributed by atoms with E-state index < -0.39 is 10.0 Å². The van der Waals surface area contributed by atoms with Gasteiger partial charge in [-0.15, -0.1) is 0 Å². The molecule has 0 fully saturated rings. The van der Waals surface area contributed by atoms with E-state index in [2.05, 4.69) is 6.92 Å². The second kappa shape index (κ2) is 6.17. The van der Waals surface area contributed by atoms with Crippen molar-refractivity contribution in [2.24, 2.45) is 5.14 Å². The third-order valence-corrected chi connectivity index (χ3v) is 3.93. The molecule has 0 atom stereocenters. The summed E-state index contributed by atoms with van der Waals surface area (Å²) in [5.74, 6) is 0. The first-order chi connectivity index (χ1) is 7.95. The van der Waals surface area contributed by atoms with Crippen LogP contribution in [0.5, 0.6) is 0 Å². The lowest BCUT2D eigenvalue weighted by Gasteiger charge is -2.07. The maximum absolute atomic E-state index is 11.4. The van der Waals surface area contributed by atoms with E-state index in [4.69, 9.17) is 5.14 Å². The SMILES string of the molecule is CCCCCCc1ccc(C)c(S(N)(=O)=O)c1. The van der Waals surface area contributed by atoms with Crippen LogP contribution in [-0.4, -0.2) is 8.42 Å². The number of nitrogens with two attached hydrogens (primary N) is 1. The van der Waals surface area contributed by atoms with Gasteiger partial charge in [0.25, 0.3) is 0 Å². The fourth-order valence-electron chi connectivity index (χ4n) is 1.86. The third kappa shape index (κ3) is 4.48. The van der Waals surface area contributed by atoms with Crippen molar-refractivity contribution < 1.29 is 8.42 Å². The summed E-state index contributed by atoms with van der Waals surface area (Å²) in [5, 5.41) is 5.18. The Bertz CT molecular complexity index is 466. The highest BCUT2D eigenvalue weighted by molar-refractivity contribution is 7.89. The van der Waals surface area contributed by atoms with Crippen molar-refractivity contribution in [2.45, 2.75) is 50.8 Å². The number of hydrogen-bond donors (Lipinski definition) is 1. The van der Waals surface area contributed by atoms with Gasteiger partial charge < -0.3 is 0 Å². The fraction of sp³-hybridized carbons (Fsp3) is 0.538. The second-order valence-corrected chi connectivity index (χ2v) is 5.99. The smallest absolute Gasteiger partial charge is 0.225 e. The second-order valence-electron chi connectivity index (χ2n) is 4.46. The first kappa shape index (κ1) is 14.2. The van der Waals surface area contributed by atoms with Crippen LogP contribution in [0, 0.1) is 6.92 Å². The van der Waals surface area contributed by atoms with Crippen LogP contribution in [0.15, 0.2) is 23.1 Å². The van der Waals surface area contributed by atoms with Gasteiger partial charge >= 0.3 is 0 Å². The van der Waals surface area contributed by atoms with Crippen LogP contribution in [0.25, 0.3) is 0 Å². The maximum atomic E-state index is 11.4. The molecule has 0 aliphatic heterocycles. The Kier molecular flexibility index (Phi) is 5.15. The Balaban J connectivity index is 2.76. The zero-order valence-corrected chi connectivity index (χ0v) is 11.4. The Morgan fingerprint density at radius 1 is 1.18 bits per heavy atom. The highest BCUT2D eigenvalue weighted by atomic mass is 32.2. The molecule has 0 aliphatic carbocycles. The number of unbranched alkanes of at least 4 members (excludes halogenated alkanes) is 3. The van der Waals surface area contributed by atoms with Crippen LogP contribution in [0.2, 0.25) is 0 Å². The Morgan fingerprint density at radius 2 is 1.88 bits per heavy atom. The first-order valence-electron chi connectivity index (χ1n) is 6.07. The van der Waals surface area contributed by atoms with E-state index in [0.29, 0.717) is 5.56 Å². The fourth-order valence-corrected chi connectivity index (χ4v) is 2.69. The molecule has 0 amide bonds. The Hall–Kier alpha value is -0.870. The maximum Gasteiger partial charge on any atom is 0.238 e. The molecule has 3 nitrogen and oxygen atoms in total. The number of benzene rings is 1. The zero-order chi connectivity index (χ0) is 12.9. The van der Waals surface area contributed by atoms with E-state index >= 15 is 0 Å². The molecule has 0 bridgehead atoms. The van der Waals surface area contributed by atoms with Crippen LogP contribution in [0.1, 0.15) is 43.7 Å². The van der Waals surface area contributed by atoms with E-state index in [9.17, 15) is 8.42 Å². The van der Waals surface area contributed by atoms with Gasteiger partial charge in [0.2, 0.25) is 10.0 Å². The molecule has 1 aromatic carbocycles. The van der Waals surface area contributed by atoms with Gasteiger partial charge in [0.1, 0.15) is 0 Å². The van der Waals surface area contributed by atoms with Crippen molar-refractivity contribution in [1.82, 2.24) is 0 Å². The van der Waals surface area contributed by atoms with Gasteiger partial charge in [0, 0.05) is 0 Å². The van der Waals surface area contributed by atoms with Crippen LogP contribution >= 0.6 is 0 Å². The number of aryl methyl sites for hydroxylation is 2. The molecular weight excluding hydrogens is 234 g/mol. The normalized spacial score (nSPS) is 11.7. The molecule has 0 spiro atoms. The summed E-state index contributed by atoms with van der Waals surface area (Å²) < 4.78 is 22.7. The predicted molar refractivity (Wildman–Crippen MR) is 70.4 cm³/mol. The minimum atomic E-state index is -3.59. The van der Waals surface area contributed by atoms with E-state index in [-0.39, 0.29) is 4.90 Å².